The number of hydrogen-bond acceptors (Lipinski definition) is 3. The second kappa shape index (κ2) is 8.70. The van der Waals surface area contributed by atoms with Gasteiger partial charge < -0.3 is 9.47 Å². The molecule has 0 aromatic heterocycles. The normalized spacial score (nSPS) is 12.5. The summed E-state index contributed by atoms with van der Waals surface area (Å²) in [6.07, 6.45) is 0.790. The third-order valence-electron chi connectivity index (χ3n) is 4.68. The van der Waals surface area contributed by atoms with Crippen LogP contribution in [0.25, 0.3) is 0 Å². The van der Waals surface area contributed by atoms with Gasteiger partial charge in [-0.2, -0.15) is 0 Å². The van der Waals surface area contributed by atoms with Crippen molar-refractivity contribution < 1.29 is 14.3 Å². The summed E-state index contributed by atoms with van der Waals surface area (Å²) >= 11 is 0. The number of hydrogen-bond donors (Lipinski definition) is 0. The van der Waals surface area contributed by atoms with E-state index in [0.717, 1.165) is 12.2 Å². The van der Waals surface area contributed by atoms with Crippen molar-refractivity contribution in [1.29, 1.82) is 0 Å². The van der Waals surface area contributed by atoms with Crippen LogP contribution in [-0.4, -0.2) is 19.2 Å². The summed E-state index contributed by atoms with van der Waals surface area (Å²) in [5.41, 5.74) is 2.45. The van der Waals surface area contributed by atoms with E-state index >= 15 is 0 Å². The van der Waals surface area contributed by atoms with Gasteiger partial charge in [0.25, 0.3) is 0 Å². The minimum Gasteiger partial charge on any atom is -0.490 e. The zero-order valence-electron chi connectivity index (χ0n) is 15.6. The molecule has 1 unspecified atom stereocenters. The van der Waals surface area contributed by atoms with Gasteiger partial charge in [-0.25, -0.2) is 0 Å². The number of benzene rings is 2. The lowest BCUT2D eigenvalue weighted by molar-refractivity contribution is -0.148. The van der Waals surface area contributed by atoms with Gasteiger partial charge in [-0.1, -0.05) is 70.2 Å². The highest BCUT2D eigenvalue weighted by atomic mass is 16.6. The first-order chi connectivity index (χ1) is 11.9. The van der Waals surface area contributed by atoms with Gasteiger partial charge in [0, 0.05) is 5.41 Å². The van der Waals surface area contributed by atoms with Crippen LogP contribution >= 0.6 is 0 Å². The van der Waals surface area contributed by atoms with Crippen molar-refractivity contribution in [2.75, 3.05) is 13.2 Å². The second-order valence-electron chi connectivity index (χ2n) is 6.84. The van der Waals surface area contributed by atoms with Gasteiger partial charge in [0.2, 0.25) is 0 Å². The Kier molecular flexibility index (Phi) is 6.63. The average Bonchev–Trinajstić information content (AvgIpc) is 2.65. The molecule has 0 fully saturated rings. The van der Waals surface area contributed by atoms with Gasteiger partial charge in [-0.05, 0) is 29.7 Å². The van der Waals surface area contributed by atoms with Crippen LogP contribution < -0.4 is 4.74 Å². The summed E-state index contributed by atoms with van der Waals surface area (Å²) in [5, 5.41) is 0. The molecule has 0 heterocycles. The molecule has 1 atom stereocenters. The second-order valence-corrected chi connectivity index (χ2v) is 6.84. The van der Waals surface area contributed by atoms with Crippen LogP contribution in [0.5, 0.6) is 5.75 Å². The van der Waals surface area contributed by atoms with Gasteiger partial charge in [0.05, 0.1) is 5.92 Å². The molecule has 0 radical (unpaired) electrons. The van der Waals surface area contributed by atoms with Gasteiger partial charge in [0.15, 0.2) is 0 Å². The maximum absolute atomic E-state index is 11.6. The molecule has 0 spiro atoms. The van der Waals surface area contributed by atoms with Gasteiger partial charge >= 0.3 is 5.97 Å². The number of rotatable bonds is 8. The largest absolute Gasteiger partial charge is 0.490 e. The summed E-state index contributed by atoms with van der Waals surface area (Å²) < 4.78 is 10.9. The Morgan fingerprint density at radius 3 is 2.16 bits per heavy atom. The molecule has 0 aliphatic heterocycles. The van der Waals surface area contributed by atoms with Gasteiger partial charge in [-0.15, -0.1) is 0 Å². The molecular formula is C22H28O3. The summed E-state index contributed by atoms with van der Waals surface area (Å²) in [4.78, 5) is 11.6. The molecule has 0 N–H and O–H groups in total. The van der Waals surface area contributed by atoms with Crippen molar-refractivity contribution in [2.24, 2.45) is 5.92 Å². The summed E-state index contributed by atoms with van der Waals surface area (Å²) in [6.45, 7) is 8.92. The van der Waals surface area contributed by atoms with Crippen molar-refractivity contribution in [2.45, 2.75) is 39.5 Å². The fraction of sp³-hybridized carbons (Fsp3) is 0.409. The molecule has 0 aliphatic carbocycles. The molecule has 2 rings (SSSR count). The monoisotopic (exact) mass is 340 g/mol. The Hall–Kier alpha value is -2.29. The standard InChI is InChI=1S/C22H28O3/c1-5-17(2)21(23)25-16-15-24-20-13-11-19(12-14-20)22(3,4)18-9-7-6-8-10-18/h6-14,17H,5,15-16H2,1-4H3. The third-order valence-corrected chi connectivity index (χ3v) is 4.68. The van der Waals surface area contributed by atoms with Crippen LogP contribution in [0.15, 0.2) is 54.6 Å². The lowest BCUT2D eigenvalue weighted by Crippen LogP contribution is -2.19. The van der Waals surface area contributed by atoms with Crippen LogP contribution in [-0.2, 0) is 14.9 Å². The lowest BCUT2D eigenvalue weighted by Gasteiger charge is -2.26. The van der Waals surface area contributed by atoms with Crippen molar-refractivity contribution in [3.63, 3.8) is 0 Å². The molecule has 0 saturated carbocycles. The van der Waals surface area contributed by atoms with E-state index in [9.17, 15) is 4.79 Å². The Bertz CT molecular complexity index is 659. The lowest BCUT2D eigenvalue weighted by atomic mass is 9.78. The molecule has 25 heavy (non-hydrogen) atoms. The van der Waals surface area contributed by atoms with E-state index in [-0.39, 0.29) is 23.9 Å². The maximum Gasteiger partial charge on any atom is 0.308 e. The van der Waals surface area contributed by atoms with E-state index < -0.39 is 0 Å². The zero-order valence-corrected chi connectivity index (χ0v) is 15.6. The molecule has 3 heteroatoms. The van der Waals surface area contributed by atoms with Gasteiger partial charge in [0.1, 0.15) is 19.0 Å². The SMILES string of the molecule is CCC(C)C(=O)OCCOc1ccc(C(C)(C)c2ccccc2)cc1. The highest BCUT2D eigenvalue weighted by molar-refractivity contribution is 5.71. The summed E-state index contributed by atoms with van der Waals surface area (Å²) in [6, 6.07) is 18.6. The highest BCUT2D eigenvalue weighted by Gasteiger charge is 2.22. The summed E-state index contributed by atoms with van der Waals surface area (Å²) in [5.74, 6) is 0.567. The van der Waals surface area contributed by atoms with Crippen molar-refractivity contribution in [3.05, 3.63) is 65.7 Å². The Balaban J connectivity index is 1.89. The predicted octanol–water partition coefficient (Wildman–Crippen LogP) is 4.98. The first-order valence-corrected chi connectivity index (χ1v) is 8.90. The number of ether oxygens (including phenoxy) is 2. The average molecular weight is 340 g/mol. The predicted molar refractivity (Wildman–Crippen MR) is 101 cm³/mol. The van der Waals surface area contributed by atoms with E-state index in [0.29, 0.717) is 6.61 Å². The molecular weight excluding hydrogens is 312 g/mol. The maximum atomic E-state index is 11.6. The molecule has 2 aromatic rings. The smallest absolute Gasteiger partial charge is 0.308 e. The van der Waals surface area contributed by atoms with E-state index in [4.69, 9.17) is 9.47 Å². The minimum absolute atomic E-state index is 0.0560. The summed E-state index contributed by atoms with van der Waals surface area (Å²) in [7, 11) is 0. The molecule has 0 bridgehead atoms. The van der Waals surface area contributed by atoms with Crippen molar-refractivity contribution in [3.8, 4) is 5.75 Å². The van der Waals surface area contributed by atoms with Crippen LogP contribution in [0.4, 0.5) is 0 Å². The molecule has 2 aromatic carbocycles. The van der Waals surface area contributed by atoms with Crippen LogP contribution in [0.2, 0.25) is 0 Å². The Morgan fingerprint density at radius 2 is 1.56 bits per heavy atom. The fourth-order valence-electron chi connectivity index (χ4n) is 2.60. The van der Waals surface area contributed by atoms with Crippen LogP contribution in [0.1, 0.15) is 45.2 Å². The van der Waals surface area contributed by atoms with Crippen LogP contribution in [0, 0.1) is 5.92 Å². The quantitative estimate of drug-likeness (QED) is 0.502. The topological polar surface area (TPSA) is 35.5 Å². The molecule has 0 saturated heterocycles. The van der Waals surface area contributed by atoms with E-state index in [1.165, 1.54) is 11.1 Å². The number of carbonyl (C=O) groups is 1. The molecule has 3 nitrogen and oxygen atoms in total. The van der Waals surface area contributed by atoms with Crippen molar-refractivity contribution in [1.82, 2.24) is 0 Å². The Labute approximate surface area is 151 Å². The molecule has 134 valence electrons. The van der Waals surface area contributed by atoms with Crippen LogP contribution in [0.3, 0.4) is 0 Å². The van der Waals surface area contributed by atoms with Crippen molar-refractivity contribution >= 4 is 5.97 Å². The first-order valence-electron chi connectivity index (χ1n) is 8.90. The molecule has 0 aliphatic rings. The first kappa shape index (κ1) is 19.0. The fourth-order valence-corrected chi connectivity index (χ4v) is 2.60. The van der Waals surface area contributed by atoms with E-state index in [1.54, 1.807) is 0 Å². The Morgan fingerprint density at radius 1 is 0.960 bits per heavy atom. The van der Waals surface area contributed by atoms with Gasteiger partial charge in [-0.3, -0.25) is 4.79 Å². The third kappa shape index (κ3) is 5.09. The number of carbonyl (C=O) groups excluding carboxylic acids is 1. The minimum atomic E-state index is -0.161. The highest BCUT2D eigenvalue weighted by Crippen LogP contribution is 2.32. The van der Waals surface area contributed by atoms with E-state index in [1.807, 2.05) is 32.0 Å². The zero-order chi connectivity index (χ0) is 18.3. The molecule has 0 amide bonds. The van der Waals surface area contributed by atoms with E-state index in [2.05, 4.69) is 50.2 Å². The number of esters is 1.